The molecule has 0 spiro atoms. The highest BCUT2D eigenvalue weighted by Gasteiger charge is 2.26. The van der Waals surface area contributed by atoms with Crippen molar-refractivity contribution in [3.05, 3.63) is 164 Å². The first-order valence-corrected chi connectivity index (χ1v) is 20.0. The fourth-order valence-electron chi connectivity index (χ4n) is 7.52. The number of halogens is 1. The van der Waals surface area contributed by atoms with Gasteiger partial charge in [-0.25, -0.2) is 34.2 Å². The Bertz CT molecular complexity index is 3340. The van der Waals surface area contributed by atoms with Crippen molar-refractivity contribution in [3.8, 4) is 22.3 Å². The van der Waals surface area contributed by atoms with Crippen LogP contribution in [-0.4, -0.2) is 39.9 Å². The van der Waals surface area contributed by atoms with Crippen LogP contribution in [0.5, 0.6) is 0 Å². The van der Waals surface area contributed by atoms with Crippen molar-refractivity contribution in [2.45, 2.75) is 32.9 Å². The molecule has 60 heavy (non-hydrogen) atoms. The van der Waals surface area contributed by atoms with Gasteiger partial charge in [-0.1, -0.05) is 96.6 Å². The summed E-state index contributed by atoms with van der Waals surface area (Å²) in [6, 6.07) is 32.3. The van der Waals surface area contributed by atoms with E-state index in [1.807, 2.05) is 106 Å². The number of aromatic nitrogens is 8. The Hall–Kier alpha value is -7.27. The molecule has 0 fully saturated rings. The number of hydrogen-bond donors (Lipinski definition) is 3. The van der Waals surface area contributed by atoms with Crippen molar-refractivity contribution in [1.29, 1.82) is 0 Å². The van der Waals surface area contributed by atoms with Gasteiger partial charge >= 0.3 is 11.3 Å². The predicted molar refractivity (Wildman–Crippen MR) is 241 cm³/mol. The fourth-order valence-corrected chi connectivity index (χ4v) is 8.27. The van der Waals surface area contributed by atoms with E-state index in [-0.39, 0.29) is 17.3 Å². The summed E-state index contributed by atoms with van der Waals surface area (Å²) in [5.74, 6) is 2.06. The maximum atomic E-state index is 12.9. The number of nitrogens with one attached hydrogen (secondary N) is 2. The van der Waals surface area contributed by atoms with E-state index in [0.717, 1.165) is 44.0 Å². The number of hydrogen-bond acceptors (Lipinski definition) is 12. The van der Waals surface area contributed by atoms with Gasteiger partial charge in [0.2, 0.25) is 0 Å². The number of nitrogens with two attached hydrogens (primary N) is 1. The SMILES string of the molecule is CC(Nc1ncnc2[nH]ncc12)c1oc(=O)c2ccccc2c1-c1ccccc1.Cc1cccc(-c2c(C(C)n3nc(I)c4c(N)ncnc43)oc(=O)c3ccccc23)c1. The Labute approximate surface area is 354 Å². The molecule has 2 atom stereocenters. The van der Waals surface area contributed by atoms with Gasteiger partial charge in [0.25, 0.3) is 0 Å². The van der Waals surface area contributed by atoms with Crippen LogP contribution in [0.3, 0.4) is 0 Å². The molecule has 0 aliphatic rings. The van der Waals surface area contributed by atoms with Crippen LogP contribution in [-0.2, 0) is 0 Å². The molecule has 0 bridgehead atoms. The van der Waals surface area contributed by atoms with Crippen LogP contribution in [0.15, 0.2) is 140 Å². The number of aryl methyl sites for hydroxylation is 1. The Morgan fingerprint density at radius 2 is 1.33 bits per heavy atom. The van der Waals surface area contributed by atoms with Crippen molar-refractivity contribution in [1.82, 2.24) is 39.9 Å². The quantitative estimate of drug-likeness (QED) is 0.129. The minimum atomic E-state index is -0.409. The predicted octanol–water partition coefficient (Wildman–Crippen LogP) is 9.00. The van der Waals surface area contributed by atoms with E-state index in [4.69, 9.17) is 14.6 Å². The third-order valence-electron chi connectivity index (χ3n) is 10.3. The lowest BCUT2D eigenvalue weighted by molar-refractivity contribution is 0.404. The smallest absolute Gasteiger partial charge is 0.343 e. The van der Waals surface area contributed by atoms with E-state index in [2.05, 4.69) is 69.2 Å². The summed E-state index contributed by atoms with van der Waals surface area (Å²) in [5, 5.41) is 19.1. The zero-order chi connectivity index (χ0) is 41.5. The summed E-state index contributed by atoms with van der Waals surface area (Å²) in [4.78, 5) is 42.5. The molecule has 0 saturated heterocycles. The van der Waals surface area contributed by atoms with Gasteiger partial charge in [0, 0.05) is 21.9 Å². The highest BCUT2D eigenvalue weighted by atomic mass is 127. The Morgan fingerprint density at radius 1 is 0.717 bits per heavy atom. The molecule has 296 valence electrons. The molecule has 4 N–H and O–H groups in total. The first-order chi connectivity index (χ1) is 29.2. The molecule has 4 aromatic carbocycles. The Balaban J connectivity index is 0.000000154. The van der Waals surface area contributed by atoms with Gasteiger partial charge in [0.15, 0.2) is 11.3 Å². The Morgan fingerprint density at radius 3 is 2.03 bits per heavy atom. The van der Waals surface area contributed by atoms with Crippen LogP contribution in [0.4, 0.5) is 11.6 Å². The van der Waals surface area contributed by atoms with Gasteiger partial charge in [-0.15, -0.1) is 0 Å². The topological polar surface area (TPSA) is 197 Å². The number of anilines is 2. The molecular formula is C45H35IN10O4. The van der Waals surface area contributed by atoms with E-state index in [1.165, 1.54) is 12.7 Å². The average Bonchev–Trinajstić information content (AvgIpc) is 3.89. The standard InChI is InChI=1S/C23H18IN5O2.C22H17N5O2/c1-12-6-5-7-14(10-12)17-15-8-3-4-9-16(15)23(30)31-19(17)13(2)29-22-18(20(24)28-29)21(25)26-11-27-22;1-13(26-20-17-11-25-27-21(17)24-12-23-20)19-18(14-7-3-2-4-8-14)15-9-5-6-10-16(15)22(28)29-19/h3-11,13H,1-2H3,(H2,25,26,27);2-13H,1H3,(H2,23,24,25,26,27). The number of rotatable bonds is 7. The van der Waals surface area contributed by atoms with Gasteiger partial charge < -0.3 is 19.9 Å². The molecule has 14 nitrogen and oxygen atoms in total. The highest BCUT2D eigenvalue weighted by molar-refractivity contribution is 14.1. The highest BCUT2D eigenvalue weighted by Crippen LogP contribution is 2.38. The summed E-state index contributed by atoms with van der Waals surface area (Å²) in [5.41, 5.74) is 11.4. The van der Waals surface area contributed by atoms with Crippen molar-refractivity contribution < 1.29 is 8.83 Å². The van der Waals surface area contributed by atoms with E-state index in [1.54, 1.807) is 23.0 Å². The molecule has 0 aliphatic carbocycles. The number of nitrogen functional groups attached to an aromatic ring is 1. The lowest BCUT2D eigenvalue weighted by Crippen LogP contribution is -2.14. The van der Waals surface area contributed by atoms with E-state index < -0.39 is 6.04 Å². The number of aromatic amines is 1. The zero-order valence-corrected chi connectivity index (χ0v) is 34.6. The molecule has 15 heteroatoms. The Kier molecular flexibility index (Phi) is 10.1. The number of H-pyrrole nitrogens is 1. The van der Waals surface area contributed by atoms with Crippen LogP contribution in [0.2, 0.25) is 0 Å². The first kappa shape index (κ1) is 38.3. The molecule has 6 aromatic heterocycles. The van der Waals surface area contributed by atoms with E-state index >= 15 is 0 Å². The van der Waals surface area contributed by atoms with Gasteiger partial charge in [-0.05, 0) is 66.6 Å². The summed E-state index contributed by atoms with van der Waals surface area (Å²) in [6.07, 6.45) is 4.54. The van der Waals surface area contributed by atoms with Crippen LogP contribution < -0.4 is 22.3 Å². The number of nitrogens with zero attached hydrogens (tertiary/aromatic N) is 7. The maximum Gasteiger partial charge on any atom is 0.343 e. The van der Waals surface area contributed by atoms with Crippen LogP contribution in [0.25, 0.3) is 65.9 Å². The van der Waals surface area contributed by atoms with Crippen LogP contribution >= 0.6 is 22.6 Å². The fraction of sp³-hybridized carbons (Fsp3) is 0.111. The van der Waals surface area contributed by atoms with E-state index in [9.17, 15) is 9.59 Å². The lowest BCUT2D eigenvalue weighted by atomic mass is 9.95. The van der Waals surface area contributed by atoms with E-state index in [0.29, 0.717) is 54.3 Å². The van der Waals surface area contributed by atoms with Crippen LogP contribution in [0, 0.1) is 10.6 Å². The van der Waals surface area contributed by atoms with Gasteiger partial charge in [0.1, 0.15) is 45.6 Å². The molecule has 10 aromatic rings. The van der Waals surface area contributed by atoms with Crippen molar-refractivity contribution in [2.24, 2.45) is 0 Å². The lowest BCUT2D eigenvalue weighted by Gasteiger charge is -2.19. The van der Waals surface area contributed by atoms with Crippen LogP contribution in [0.1, 0.15) is 43.0 Å². The number of benzene rings is 4. The summed E-state index contributed by atoms with van der Waals surface area (Å²) < 4.78 is 14.2. The second-order valence-electron chi connectivity index (χ2n) is 14.2. The molecule has 2 unspecified atom stereocenters. The monoisotopic (exact) mass is 906 g/mol. The normalized spacial score (nSPS) is 12.4. The minimum Gasteiger partial charge on any atom is -0.425 e. The maximum absolute atomic E-state index is 12.9. The third kappa shape index (κ3) is 6.91. The largest absolute Gasteiger partial charge is 0.425 e. The third-order valence-corrected chi connectivity index (χ3v) is 11.1. The summed E-state index contributed by atoms with van der Waals surface area (Å²) in [7, 11) is 0. The van der Waals surface area contributed by atoms with Crippen molar-refractivity contribution in [3.63, 3.8) is 0 Å². The summed E-state index contributed by atoms with van der Waals surface area (Å²) in [6.45, 7) is 5.91. The average molecular weight is 907 g/mol. The molecule has 10 rings (SSSR count). The van der Waals surface area contributed by atoms with Gasteiger partial charge in [-0.2, -0.15) is 10.2 Å². The van der Waals surface area contributed by atoms with Gasteiger partial charge in [0.05, 0.1) is 33.8 Å². The molecular weight excluding hydrogens is 871 g/mol. The first-order valence-electron chi connectivity index (χ1n) is 19.0. The molecule has 0 aliphatic heterocycles. The molecule has 6 heterocycles. The van der Waals surface area contributed by atoms with Crippen molar-refractivity contribution >= 4 is 77.8 Å². The van der Waals surface area contributed by atoms with Crippen molar-refractivity contribution in [2.75, 3.05) is 11.1 Å². The second kappa shape index (κ2) is 15.8. The van der Waals surface area contributed by atoms with Gasteiger partial charge in [-0.3, -0.25) is 5.10 Å². The summed E-state index contributed by atoms with van der Waals surface area (Å²) >= 11 is 2.12. The molecule has 0 radical (unpaired) electrons. The zero-order valence-electron chi connectivity index (χ0n) is 32.4. The molecule has 0 amide bonds. The molecule has 0 saturated carbocycles. The number of fused-ring (bicyclic) bond motifs is 4. The second-order valence-corrected chi connectivity index (χ2v) is 15.2. The minimum absolute atomic E-state index is 0.324.